The summed E-state index contributed by atoms with van der Waals surface area (Å²) in [6.45, 7) is 7.32. The molecular weight excluding hydrogens is 292 g/mol. The van der Waals surface area contributed by atoms with Gasteiger partial charge in [-0.2, -0.15) is 11.8 Å². The topological polar surface area (TPSA) is 42.4 Å². The number of hydrogen-bond acceptors (Lipinski definition) is 5. The summed E-state index contributed by atoms with van der Waals surface area (Å²) in [5, 5.41) is 0.635. The molecule has 0 aromatic carbocycles. The van der Waals surface area contributed by atoms with Crippen LogP contribution >= 0.6 is 23.1 Å². The largest absolute Gasteiger partial charge is 0.444 e. The van der Waals surface area contributed by atoms with E-state index in [1.165, 1.54) is 4.88 Å². The minimum Gasteiger partial charge on any atom is -0.444 e. The Labute approximate surface area is 128 Å². The SMILES string of the molecule is CC(C)(C)OC(=O)N1CCC(SCc2cncs2)CC1. The molecule has 1 aromatic heterocycles. The lowest BCUT2D eigenvalue weighted by molar-refractivity contribution is 0.0219. The van der Waals surface area contributed by atoms with E-state index < -0.39 is 5.60 Å². The lowest BCUT2D eigenvalue weighted by Crippen LogP contribution is -2.42. The fourth-order valence-electron chi connectivity index (χ4n) is 2.04. The van der Waals surface area contributed by atoms with Crippen LogP contribution in [0.1, 0.15) is 38.5 Å². The number of hydrogen-bond donors (Lipinski definition) is 0. The zero-order chi connectivity index (χ0) is 14.6. The van der Waals surface area contributed by atoms with Crippen LogP contribution in [0.25, 0.3) is 0 Å². The fourth-order valence-corrected chi connectivity index (χ4v) is 3.92. The van der Waals surface area contributed by atoms with E-state index in [4.69, 9.17) is 4.74 Å². The van der Waals surface area contributed by atoms with Crippen LogP contribution in [-0.4, -0.2) is 39.9 Å². The Morgan fingerprint density at radius 1 is 1.50 bits per heavy atom. The number of rotatable bonds is 3. The Morgan fingerprint density at radius 3 is 2.75 bits per heavy atom. The molecule has 6 heteroatoms. The van der Waals surface area contributed by atoms with Crippen molar-refractivity contribution in [1.82, 2.24) is 9.88 Å². The Morgan fingerprint density at radius 2 is 2.20 bits per heavy atom. The number of ether oxygens (including phenoxy) is 1. The molecule has 0 unspecified atom stereocenters. The van der Waals surface area contributed by atoms with Gasteiger partial charge in [0.05, 0.1) is 5.51 Å². The number of nitrogens with zero attached hydrogens (tertiary/aromatic N) is 2. The van der Waals surface area contributed by atoms with Gasteiger partial charge in [0.1, 0.15) is 5.60 Å². The zero-order valence-corrected chi connectivity index (χ0v) is 13.9. The summed E-state index contributed by atoms with van der Waals surface area (Å²) < 4.78 is 5.40. The third-order valence-corrected chi connectivity index (χ3v) is 5.42. The van der Waals surface area contributed by atoms with Crippen LogP contribution in [0.2, 0.25) is 0 Å². The Kier molecular flexibility index (Phi) is 5.32. The third kappa shape index (κ3) is 4.98. The number of piperidine rings is 1. The molecule has 0 spiro atoms. The number of likely N-dealkylation sites (tertiary alicyclic amines) is 1. The molecule has 1 amide bonds. The van der Waals surface area contributed by atoms with Crippen molar-refractivity contribution in [2.24, 2.45) is 0 Å². The molecule has 1 aliphatic heterocycles. The van der Waals surface area contributed by atoms with Crippen molar-refractivity contribution in [1.29, 1.82) is 0 Å². The summed E-state index contributed by atoms with van der Waals surface area (Å²) >= 11 is 3.68. The molecule has 1 saturated heterocycles. The van der Waals surface area contributed by atoms with Gasteiger partial charge in [-0.05, 0) is 33.6 Å². The number of amides is 1. The molecule has 0 radical (unpaired) electrons. The lowest BCUT2D eigenvalue weighted by Gasteiger charge is -2.33. The maximum atomic E-state index is 12.0. The lowest BCUT2D eigenvalue weighted by atomic mass is 10.1. The quantitative estimate of drug-likeness (QED) is 0.851. The van der Waals surface area contributed by atoms with Gasteiger partial charge in [0.2, 0.25) is 0 Å². The monoisotopic (exact) mass is 314 g/mol. The first kappa shape index (κ1) is 15.6. The minimum atomic E-state index is -0.408. The number of aromatic nitrogens is 1. The average molecular weight is 314 g/mol. The van der Waals surface area contributed by atoms with E-state index in [2.05, 4.69) is 4.98 Å². The Bertz CT molecular complexity index is 421. The predicted octanol–water partition coefficient (Wildman–Crippen LogP) is 3.78. The first-order valence-corrected chi connectivity index (χ1v) is 8.84. The van der Waals surface area contributed by atoms with E-state index in [1.807, 2.05) is 49.1 Å². The molecule has 0 N–H and O–H groups in total. The molecule has 0 aliphatic carbocycles. The fraction of sp³-hybridized carbons (Fsp3) is 0.714. The van der Waals surface area contributed by atoms with E-state index in [0.29, 0.717) is 5.25 Å². The third-order valence-electron chi connectivity index (χ3n) is 3.04. The summed E-state index contributed by atoms with van der Waals surface area (Å²) in [7, 11) is 0. The summed E-state index contributed by atoms with van der Waals surface area (Å²) in [5.74, 6) is 1.03. The van der Waals surface area contributed by atoms with E-state index in [0.717, 1.165) is 31.7 Å². The molecule has 20 heavy (non-hydrogen) atoms. The van der Waals surface area contributed by atoms with Crippen molar-refractivity contribution in [3.05, 3.63) is 16.6 Å². The van der Waals surface area contributed by atoms with Gasteiger partial charge in [-0.1, -0.05) is 0 Å². The van der Waals surface area contributed by atoms with Gasteiger partial charge in [0.25, 0.3) is 0 Å². The summed E-state index contributed by atoms with van der Waals surface area (Å²) in [5.41, 5.74) is 1.47. The summed E-state index contributed by atoms with van der Waals surface area (Å²) in [6, 6.07) is 0. The molecule has 1 fully saturated rings. The van der Waals surface area contributed by atoms with Crippen molar-refractivity contribution in [3.63, 3.8) is 0 Å². The summed E-state index contributed by atoms with van der Waals surface area (Å²) in [4.78, 5) is 19.2. The first-order valence-electron chi connectivity index (χ1n) is 6.91. The second-order valence-corrected chi connectivity index (χ2v) is 8.21. The highest BCUT2D eigenvalue weighted by Crippen LogP contribution is 2.28. The molecule has 112 valence electrons. The molecule has 0 atom stereocenters. The van der Waals surface area contributed by atoms with Gasteiger partial charge in [0.15, 0.2) is 0 Å². The normalized spacial score (nSPS) is 17.2. The maximum Gasteiger partial charge on any atom is 0.410 e. The van der Waals surface area contributed by atoms with E-state index in [-0.39, 0.29) is 6.09 Å². The second-order valence-electron chi connectivity index (χ2n) is 5.95. The van der Waals surface area contributed by atoms with Crippen LogP contribution < -0.4 is 0 Å². The Balaban J connectivity index is 1.71. The molecule has 1 aromatic rings. The summed E-state index contributed by atoms with van der Waals surface area (Å²) in [6.07, 6.45) is 3.85. The predicted molar refractivity (Wildman–Crippen MR) is 84.2 cm³/mol. The number of carbonyl (C=O) groups excluding carboxylic acids is 1. The molecular formula is C14H22N2O2S2. The molecule has 1 aliphatic rings. The number of carbonyl (C=O) groups is 1. The van der Waals surface area contributed by atoms with Gasteiger partial charge in [0, 0.05) is 35.2 Å². The van der Waals surface area contributed by atoms with Gasteiger partial charge in [-0.25, -0.2) is 4.79 Å². The van der Waals surface area contributed by atoms with Crippen molar-refractivity contribution in [2.75, 3.05) is 13.1 Å². The van der Waals surface area contributed by atoms with Crippen molar-refractivity contribution < 1.29 is 9.53 Å². The van der Waals surface area contributed by atoms with Crippen LogP contribution in [0, 0.1) is 0 Å². The van der Waals surface area contributed by atoms with Gasteiger partial charge in [-0.3, -0.25) is 4.98 Å². The van der Waals surface area contributed by atoms with Crippen molar-refractivity contribution in [2.45, 2.75) is 50.2 Å². The van der Waals surface area contributed by atoms with Crippen LogP contribution in [0.3, 0.4) is 0 Å². The maximum absolute atomic E-state index is 12.0. The average Bonchev–Trinajstić information content (AvgIpc) is 2.88. The van der Waals surface area contributed by atoms with Crippen LogP contribution in [0.4, 0.5) is 4.79 Å². The standard InChI is InChI=1S/C14H22N2O2S2/c1-14(2,3)18-13(17)16-6-4-11(5-7-16)19-9-12-8-15-10-20-12/h8,10-11H,4-7,9H2,1-3H3. The van der Waals surface area contributed by atoms with Gasteiger partial charge >= 0.3 is 6.09 Å². The highest BCUT2D eigenvalue weighted by molar-refractivity contribution is 7.99. The highest BCUT2D eigenvalue weighted by Gasteiger charge is 2.26. The van der Waals surface area contributed by atoms with Crippen LogP contribution in [-0.2, 0) is 10.5 Å². The molecule has 0 saturated carbocycles. The van der Waals surface area contributed by atoms with Crippen molar-refractivity contribution in [3.8, 4) is 0 Å². The molecule has 2 heterocycles. The smallest absolute Gasteiger partial charge is 0.410 e. The number of thioether (sulfide) groups is 1. The van der Waals surface area contributed by atoms with Crippen LogP contribution in [0.15, 0.2) is 11.7 Å². The first-order chi connectivity index (χ1) is 9.44. The Hall–Kier alpha value is -0.750. The van der Waals surface area contributed by atoms with E-state index >= 15 is 0 Å². The second kappa shape index (κ2) is 6.80. The van der Waals surface area contributed by atoms with Crippen LogP contribution in [0.5, 0.6) is 0 Å². The highest BCUT2D eigenvalue weighted by atomic mass is 32.2. The minimum absolute atomic E-state index is 0.177. The van der Waals surface area contributed by atoms with Gasteiger partial charge < -0.3 is 9.64 Å². The molecule has 4 nitrogen and oxygen atoms in total. The zero-order valence-electron chi connectivity index (χ0n) is 12.3. The van der Waals surface area contributed by atoms with Gasteiger partial charge in [-0.15, -0.1) is 11.3 Å². The van der Waals surface area contributed by atoms with Crippen molar-refractivity contribution >= 4 is 29.2 Å². The number of thiazole rings is 1. The molecule has 0 bridgehead atoms. The van der Waals surface area contributed by atoms with E-state index in [1.54, 1.807) is 11.3 Å². The molecule has 2 rings (SSSR count). The van der Waals surface area contributed by atoms with E-state index in [9.17, 15) is 4.79 Å².